The molecule has 0 radical (unpaired) electrons. The van der Waals surface area contributed by atoms with Crippen LogP contribution in [0.4, 0.5) is 28.9 Å². The number of aliphatic hydroxyl groups is 2. The van der Waals surface area contributed by atoms with Crippen molar-refractivity contribution >= 4 is 38.5 Å². The second-order valence-electron chi connectivity index (χ2n) is 7.68. The standard InChI is InChI=1S/C21H22F3N5O3S/c22-14-8-17-18(9-15(14)23)33-20(26-17)27-21(32)29-5-3-28(4-6-29)19-16(24)7-12(10-25-19)1-2-13(31)11-30/h7-10,13,30-31H,1-6,11H2,(H,26,27,32)/t13-/m0/s1. The van der Waals surface area contributed by atoms with Gasteiger partial charge in [-0.3, -0.25) is 5.32 Å². The zero-order valence-electron chi connectivity index (χ0n) is 17.5. The first-order valence-corrected chi connectivity index (χ1v) is 11.2. The highest BCUT2D eigenvalue weighted by molar-refractivity contribution is 7.22. The Bertz CT molecular complexity index is 1110. The summed E-state index contributed by atoms with van der Waals surface area (Å²) in [5.74, 6) is -2.27. The first-order valence-electron chi connectivity index (χ1n) is 10.3. The molecule has 33 heavy (non-hydrogen) atoms. The molecule has 12 heteroatoms. The van der Waals surface area contributed by atoms with Gasteiger partial charge in [0.05, 0.1) is 22.9 Å². The quantitative estimate of drug-likeness (QED) is 0.501. The highest BCUT2D eigenvalue weighted by atomic mass is 32.1. The van der Waals surface area contributed by atoms with E-state index in [1.807, 2.05) is 0 Å². The van der Waals surface area contributed by atoms with Gasteiger partial charge in [-0.2, -0.15) is 0 Å². The molecule has 1 aromatic carbocycles. The number of nitrogens with zero attached hydrogens (tertiary/aromatic N) is 4. The molecule has 176 valence electrons. The fraction of sp³-hybridized carbons (Fsp3) is 0.381. The molecule has 4 rings (SSSR count). The molecular formula is C21H22F3N5O3S. The monoisotopic (exact) mass is 481 g/mol. The van der Waals surface area contributed by atoms with E-state index in [0.717, 1.165) is 23.5 Å². The Balaban J connectivity index is 1.33. The van der Waals surface area contributed by atoms with Crippen molar-refractivity contribution in [2.24, 2.45) is 0 Å². The van der Waals surface area contributed by atoms with Crippen LogP contribution in [0.3, 0.4) is 0 Å². The Kier molecular flexibility index (Phi) is 6.96. The maximum absolute atomic E-state index is 14.6. The Labute approximate surface area is 191 Å². The van der Waals surface area contributed by atoms with E-state index in [9.17, 15) is 23.1 Å². The number of aliphatic hydroxyl groups excluding tert-OH is 2. The van der Waals surface area contributed by atoms with Gasteiger partial charge in [0, 0.05) is 38.4 Å². The molecule has 2 amide bonds. The third kappa shape index (κ3) is 5.34. The minimum atomic E-state index is -1.00. The van der Waals surface area contributed by atoms with Gasteiger partial charge >= 0.3 is 6.03 Å². The van der Waals surface area contributed by atoms with Gasteiger partial charge in [-0.1, -0.05) is 11.3 Å². The van der Waals surface area contributed by atoms with Crippen LogP contribution >= 0.6 is 11.3 Å². The van der Waals surface area contributed by atoms with E-state index in [1.54, 1.807) is 16.0 Å². The van der Waals surface area contributed by atoms with Crippen LogP contribution in [0, 0.1) is 17.5 Å². The van der Waals surface area contributed by atoms with Crippen LogP contribution in [0.5, 0.6) is 0 Å². The van der Waals surface area contributed by atoms with Crippen molar-refractivity contribution in [2.45, 2.75) is 18.9 Å². The molecule has 0 saturated carbocycles. The summed E-state index contributed by atoms with van der Waals surface area (Å²) in [7, 11) is 0. The van der Waals surface area contributed by atoms with Crippen molar-refractivity contribution in [1.82, 2.24) is 14.9 Å². The predicted molar refractivity (Wildman–Crippen MR) is 118 cm³/mol. The number of hydrogen-bond acceptors (Lipinski definition) is 7. The van der Waals surface area contributed by atoms with Gasteiger partial charge in [0.25, 0.3) is 0 Å². The number of anilines is 2. The number of hydrogen-bond donors (Lipinski definition) is 3. The van der Waals surface area contributed by atoms with Gasteiger partial charge in [-0.25, -0.2) is 27.9 Å². The zero-order chi connectivity index (χ0) is 23.5. The molecule has 1 aliphatic rings. The lowest BCUT2D eigenvalue weighted by molar-refractivity contribution is 0.0885. The number of nitrogens with one attached hydrogen (secondary N) is 1. The van der Waals surface area contributed by atoms with Gasteiger partial charge in [-0.15, -0.1) is 0 Å². The number of fused-ring (bicyclic) bond motifs is 1. The molecular weight excluding hydrogens is 459 g/mol. The van der Waals surface area contributed by atoms with Gasteiger partial charge < -0.3 is 20.0 Å². The fourth-order valence-corrected chi connectivity index (χ4v) is 4.40. The van der Waals surface area contributed by atoms with Crippen LogP contribution < -0.4 is 10.2 Å². The van der Waals surface area contributed by atoms with E-state index in [1.165, 1.54) is 6.07 Å². The van der Waals surface area contributed by atoms with Crippen LogP contribution in [-0.4, -0.2) is 70.0 Å². The van der Waals surface area contributed by atoms with Gasteiger partial charge in [0.15, 0.2) is 28.4 Å². The summed E-state index contributed by atoms with van der Waals surface area (Å²) in [5.41, 5.74) is 0.882. The smallest absolute Gasteiger partial charge is 0.323 e. The second kappa shape index (κ2) is 9.89. The fourth-order valence-electron chi connectivity index (χ4n) is 3.53. The zero-order valence-corrected chi connectivity index (χ0v) is 18.3. The third-order valence-corrected chi connectivity index (χ3v) is 6.30. The van der Waals surface area contributed by atoms with E-state index >= 15 is 0 Å². The molecule has 0 bridgehead atoms. The lowest BCUT2D eigenvalue weighted by Gasteiger charge is -2.35. The van der Waals surface area contributed by atoms with Crippen molar-refractivity contribution in [3.05, 3.63) is 47.4 Å². The van der Waals surface area contributed by atoms with Gasteiger partial charge in [0.1, 0.15) is 0 Å². The topological polar surface area (TPSA) is 102 Å². The summed E-state index contributed by atoms with van der Waals surface area (Å²) in [6.45, 7) is 1.05. The van der Waals surface area contributed by atoms with Gasteiger partial charge in [0.2, 0.25) is 0 Å². The van der Waals surface area contributed by atoms with Crippen LogP contribution in [0.2, 0.25) is 0 Å². The van der Waals surface area contributed by atoms with E-state index in [4.69, 9.17) is 5.11 Å². The second-order valence-corrected chi connectivity index (χ2v) is 8.71. The largest absolute Gasteiger partial charge is 0.394 e. The number of amides is 2. The molecule has 3 heterocycles. The Hall–Kier alpha value is -2.96. The van der Waals surface area contributed by atoms with E-state index in [2.05, 4.69) is 15.3 Å². The summed E-state index contributed by atoms with van der Waals surface area (Å²) >= 11 is 1.04. The van der Waals surface area contributed by atoms with Crippen molar-refractivity contribution in [3.8, 4) is 0 Å². The minimum absolute atomic E-state index is 0.191. The number of rotatable bonds is 6. The average Bonchev–Trinajstić information content (AvgIpc) is 3.18. The number of aryl methyl sites for hydroxylation is 1. The van der Waals surface area contributed by atoms with Crippen LogP contribution in [0.1, 0.15) is 12.0 Å². The van der Waals surface area contributed by atoms with E-state index in [0.29, 0.717) is 49.3 Å². The van der Waals surface area contributed by atoms with Gasteiger partial charge in [-0.05, 0) is 30.5 Å². The SMILES string of the molecule is O=C(Nc1nc2cc(F)c(F)cc2s1)N1CCN(c2ncc(CC[C@H](O)CO)cc2F)CC1. The van der Waals surface area contributed by atoms with Crippen LogP contribution in [-0.2, 0) is 6.42 Å². The summed E-state index contributed by atoms with van der Waals surface area (Å²) in [6, 6.07) is 2.99. The molecule has 3 aromatic rings. The van der Waals surface area contributed by atoms with E-state index in [-0.39, 0.29) is 23.1 Å². The lowest BCUT2D eigenvalue weighted by atomic mass is 10.1. The van der Waals surface area contributed by atoms with Crippen molar-refractivity contribution in [2.75, 3.05) is 43.0 Å². The number of aromatic nitrogens is 2. The molecule has 1 fully saturated rings. The van der Waals surface area contributed by atoms with E-state index < -0.39 is 29.6 Å². The number of carbonyl (C=O) groups excluding carboxylic acids is 1. The van der Waals surface area contributed by atoms with Crippen LogP contribution in [0.15, 0.2) is 24.4 Å². The lowest BCUT2D eigenvalue weighted by Crippen LogP contribution is -2.50. The number of benzene rings is 1. The number of carbonyl (C=O) groups is 1. The number of halogens is 3. The molecule has 1 aliphatic heterocycles. The highest BCUT2D eigenvalue weighted by Gasteiger charge is 2.24. The summed E-state index contributed by atoms with van der Waals surface area (Å²) in [4.78, 5) is 24.2. The molecule has 1 atom stereocenters. The molecule has 0 aliphatic carbocycles. The number of pyridine rings is 1. The number of piperazine rings is 1. The maximum Gasteiger partial charge on any atom is 0.323 e. The number of urea groups is 1. The Morgan fingerprint density at radius 2 is 1.85 bits per heavy atom. The molecule has 3 N–H and O–H groups in total. The molecule has 0 spiro atoms. The summed E-state index contributed by atoms with van der Waals surface area (Å²) < 4.78 is 41.7. The first-order chi connectivity index (χ1) is 15.8. The normalized spacial score (nSPS) is 15.2. The van der Waals surface area contributed by atoms with Crippen molar-refractivity contribution in [1.29, 1.82) is 0 Å². The summed E-state index contributed by atoms with van der Waals surface area (Å²) in [6.07, 6.45) is 1.39. The van der Waals surface area contributed by atoms with Crippen molar-refractivity contribution in [3.63, 3.8) is 0 Å². The third-order valence-electron chi connectivity index (χ3n) is 5.37. The van der Waals surface area contributed by atoms with Crippen molar-refractivity contribution < 1.29 is 28.2 Å². The maximum atomic E-state index is 14.6. The Morgan fingerprint density at radius 1 is 1.12 bits per heavy atom. The summed E-state index contributed by atoms with van der Waals surface area (Å²) in [5, 5.41) is 21.2. The predicted octanol–water partition coefficient (Wildman–Crippen LogP) is 2.75. The Morgan fingerprint density at radius 3 is 2.55 bits per heavy atom. The number of thiazole rings is 1. The first kappa shape index (κ1) is 23.2. The molecule has 2 aromatic heterocycles. The van der Waals surface area contributed by atoms with Crippen LogP contribution in [0.25, 0.3) is 10.2 Å². The molecule has 8 nitrogen and oxygen atoms in total. The molecule has 1 saturated heterocycles. The minimum Gasteiger partial charge on any atom is -0.394 e. The average molecular weight is 482 g/mol. The molecule has 0 unspecified atom stereocenters. The highest BCUT2D eigenvalue weighted by Crippen LogP contribution is 2.28.